The molecule has 0 aromatic rings. The lowest BCUT2D eigenvalue weighted by atomic mass is 9.83. The molecule has 72 valence electrons. The van der Waals surface area contributed by atoms with Crippen LogP contribution in [0.5, 0.6) is 0 Å². The second-order valence-corrected chi connectivity index (χ2v) is 3.51. The number of nitrogens with one attached hydrogen (secondary N) is 1. The van der Waals surface area contributed by atoms with Crippen molar-refractivity contribution in [1.82, 2.24) is 5.32 Å². The fraction of sp³-hybridized carbons (Fsp3) is 0.778. The maximum atomic E-state index is 11.1. The van der Waals surface area contributed by atoms with Crippen molar-refractivity contribution >= 4 is 5.91 Å². The molecule has 0 saturated heterocycles. The molecular formula is C9H15N3O. The van der Waals surface area contributed by atoms with Crippen molar-refractivity contribution in [2.75, 3.05) is 6.54 Å². The van der Waals surface area contributed by atoms with Crippen LogP contribution in [0.15, 0.2) is 0 Å². The van der Waals surface area contributed by atoms with E-state index in [2.05, 4.69) is 11.4 Å². The average Bonchev–Trinajstić information content (AvgIpc) is 2.19. The second kappa shape index (κ2) is 4.24. The van der Waals surface area contributed by atoms with E-state index in [9.17, 15) is 4.79 Å². The fourth-order valence-electron chi connectivity index (χ4n) is 1.74. The maximum absolute atomic E-state index is 11.1. The zero-order chi connectivity index (χ0) is 9.73. The summed E-state index contributed by atoms with van der Waals surface area (Å²) in [7, 11) is 0. The van der Waals surface area contributed by atoms with Gasteiger partial charge in [-0.15, -0.1) is 0 Å². The van der Waals surface area contributed by atoms with Crippen LogP contribution in [0.1, 0.15) is 32.1 Å². The zero-order valence-electron chi connectivity index (χ0n) is 7.68. The summed E-state index contributed by atoms with van der Waals surface area (Å²) in [5.41, 5.74) is 4.55. The number of amides is 1. The van der Waals surface area contributed by atoms with Crippen molar-refractivity contribution in [2.24, 2.45) is 5.73 Å². The van der Waals surface area contributed by atoms with E-state index in [-0.39, 0.29) is 12.5 Å². The van der Waals surface area contributed by atoms with Gasteiger partial charge in [-0.05, 0) is 12.8 Å². The van der Waals surface area contributed by atoms with Gasteiger partial charge >= 0.3 is 0 Å². The fourth-order valence-corrected chi connectivity index (χ4v) is 1.74. The predicted molar refractivity (Wildman–Crippen MR) is 48.6 cm³/mol. The smallest absolute Gasteiger partial charge is 0.234 e. The van der Waals surface area contributed by atoms with Crippen molar-refractivity contribution in [3.05, 3.63) is 0 Å². The van der Waals surface area contributed by atoms with Gasteiger partial charge < -0.3 is 11.1 Å². The van der Waals surface area contributed by atoms with Crippen LogP contribution in [0.4, 0.5) is 0 Å². The molecule has 1 rings (SSSR count). The van der Waals surface area contributed by atoms with E-state index < -0.39 is 5.54 Å². The number of nitrogens with two attached hydrogens (primary N) is 1. The van der Waals surface area contributed by atoms with Crippen LogP contribution >= 0.6 is 0 Å². The minimum atomic E-state index is -0.630. The van der Waals surface area contributed by atoms with Gasteiger partial charge in [0.1, 0.15) is 5.54 Å². The van der Waals surface area contributed by atoms with E-state index in [1.54, 1.807) is 0 Å². The van der Waals surface area contributed by atoms with Crippen LogP contribution < -0.4 is 11.1 Å². The summed E-state index contributed by atoms with van der Waals surface area (Å²) in [4.78, 5) is 11.1. The number of nitrogens with zero attached hydrogens (tertiary/aromatic N) is 1. The van der Waals surface area contributed by atoms with Crippen LogP contribution in [0.25, 0.3) is 0 Å². The zero-order valence-corrected chi connectivity index (χ0v) is 7.68. The minimum Gasteiger partial charge on any atom is -0.337 e. The highest BCUT2D eigenvalue weighted by Gasteiger charge is 2.32. The van der Waals surface area contributed by atoms with Gasteiger partial charge in [0.15, 0.2) is 0 Å². The Bertz CT molecular complexity index is 226. The highest BCUT2D eigenvalue weighted by molar-refractivity contribution is 5.79. The Kier molecular flexibility index (Phi) is 3.26. The summed E-state index contributed by atoms with van der Waals surface area (Å²) in [6.07, 6.45) is 4.70. The molecule has 0 aromatic heterocycles. The van der Waals surface area contributed by atoms with Crippen LogP contribution in [0.3, 0.4) is 0 Å². The number of hydrogen-bond donors (Lipinski definition) is 2. The molecular weight excluding hydrogens is 166 g/mol. The number of nitriles is 1. The quantitative estimate of drug-likeness (QED) is 0.642. The molecule has 3 N–H and O–H groups in total. The van der Waals surface area contributed by atoms with Crippen LogP contribution in [0.2, 0.25) is 0 Å². The Morgan fingerprint density at radius 2 is 2.08 bits per heavy atom. The van der Waals surface area contributed by atoms with E-state index in [4.69, 9.17) is 11.0 Å². The molecule has 0 aliphatic heterocycles. The molecule has 0 bridgehead atoms. The largest absolute Gasteiger partial charge is 0.337 e. The first kappa shape index (κ1) is 10.0. The molecule has 1 fully saturated rings. The summed E-state index contributed by atoms with van der Waals surface area (Å²) in [5, 5.41) is 11.7. The van der Waals surface area contributed by atoms with Gasteiger partial charge in [0, 0.05) is 0 Å². The topological polar surface area (TPSA) is 78.9 Å². The lowest BCUT2D eigenvalue weighted by molar-refractivity contribution is -0.121. The van der Waals surface area contributed by atoms with Gasteiger partial charge in [-0.3, -0.25) is 4.79 Å². The molecule has 0 radical (unpaired) electrons. The summed E-state index contributed by atoms with van der Waals surface area (Å²) >= 11 is 0. The molecule has 0 aromatic carbocycles. The lowest BCUT2D eigenvalue weighted by Gasteiger charge is -2.31. The van der Waals surface area contributed by atoms with Crippen molar-refractivity contribution in [2.45, 2.75) is 37.6 Å². The van der Waals surface area contributed by atoms with E-state index in [1.165, 1.54) is 0 Å². The molecule has 0 atom stereocenters. The molecule has 13 heavy (non-hydrogen) atoms. The van der Waals surface area contributed by atoms with Crippen LogP contribution in [-0.2, 0) is 4.79 Å². The van der Waals surface area contributed by atoms with Crippen molar-refractivity contribution in [3.8, 4) is 6.07 Å². The van der Waals surface area contributed by atoms with Gasteiger partial charge in [-0.1, -0.05) is 19.3 Å². The molecule has 4 nitrogen and oxygen atoms in total. The molecule has 1 aliphatic carbocycles. The number of rotatable bonds is 2. The monoisotopic (exact) mass is 181 g/mol. The first-order valence-electron chi connectivity index (χ1n) is 4.65. The van der Waals surface area contributed by atoms with E-state index in [0.717, 1.165) is 32.1 Å². The average molecular weight is 181 g/mol. The summed E-state index contributed by atoms with van der Waals surface area (Å²) in [6, 6.07) is 2.20. The molecule has 0 spiro atoms. The van der Waals surface area contributed by atoms with E-state index in [1.807, 2.05) is 0 Å². The van der Waals surface area contributed by atoms with E-state index >= 15 is 0 Å². The van der Waals surface area contributed by atoms with Crippen molar-refractivity contribution in [1.29, 1.82) is 5.26 Å². The number of hydrogen-bond acceptors (Lipinski definition) is 3. The lowest BCUT2D eigenvalue weighted by Crippen LogP contribution is -2.50. The number of carbonyl (C=O) groups is 1. The van der Waals surface area contributed by atoms with Crippen molar-refractivity contribution < 1.29 is 4.79 Å². The Balaban J connectivity index is 2.59. The number of carbonyl (C=O) groups excluding carboxylic acids is 1. The normalized spacial score (nSPS) is 20.3. The highest BCUT2D eigenvalue weighted by atomic mass is 16.2. The van der Waals surface area contributed by atoms with Crippen molar-refractivity contribution in [3.63, 3.8) is 0 Å². The van der Waals surface area contributed by atoms with E-state index in [0.29, 0.717) is 0 Å². The molecule has 1 aliphatic rings. The minimum absolute atomic E-state index is 0.0383. The summed E-state index contributed by atoms with van der Waals surface area (Å²) < 4.78 is 0. The van der Waals surface area contributed by atoms with Crippen LogP contribution in [-0.4, -0.2) is 18.0 Å². The Morgan fingerprint density at radius 1 is 1.46 bits per heavy atom. The molecule has 0 heterocycles. The molecule has 0 unspecified atom stereocenters. The Labute approximate surface area is 78.1 Å². The molecule has 4 heteroatoms. The van der Waals surface area contributed by atoms with Gasteiger partial charge in [-0.25, -0.2) is 0 Å². The standard InChI is InChI=1S/C9H15N3O/c10-6-8(13)12-9(7-11)4-2-1-3-5-9/h1-6,10H2,(H,12,13). The second-order valence-electron chi connectivity index (χ2n) is 3.51. The Morgan fingerprint density at radius 3 is 2.54 bits per heavy atom. The molecule has 1 saturated carbocycles. The SMILES string of the molecule is N#CC1(NC(=O)CN)CCCCC1. The maximum Gasteiger partial charge on any atom is 0.234 e. The first-order chi connectivity index (χ1) is 6.22. The summed E-state index contributed by atoms with van der Waals surface area (Å²) in [6.45, 7) is -0.0383. The third-order valence-corrected chi connectivity index (χ3v) is 2.49. The third kappa shape index (κ3) is 2.43. The Hall–Kier alpha value is -1.08. The van der Waals surface area contributed by atoms with Gasteiger partial charge in [-0.2, -0.15) is 5.26 Å². The van der Waals surface area contributed by atoms with Gasteiger partial charge in [0.2, 0.25) is 5.91 Å². The predicted octanol–water partition coefficient (Wildman–Crippen LogP) is 0.288. The van der Waals surface area contributed by atoms with Gasteiger partial charge in [0.05, 0.1) is 12.6 Å². The highest BCUT2D eigenvalue weighted by Crippen LogP contribution is 2.27. The van der Waals surface area contributed by atoms with Gasteiger partial charge in [0.25, 0.3) is 0 Å². The molecule has 1 amide bonds. The first-order valence-corrected chi connectivity index (χ1v) is 4.65. The van der Waals surface area contributed by atoms with Crippen LogP contribution in [0, 0.1) is 11.3 Å². The summed E-state index contributed by atoms with van der Waals surface area (Å²) in [5.74, 6) is -0.233. The third-order valence-electron chi connectivity index (χ3n) is 2.49.